The standard InChI is InChI=1S/C57H47N3/c1-55(2)47-34-46-44-32-37(26-29-52(44)59(39-19-11-8-12-20-39)54(46)35-48(47)56(3,4)57(55,5)6)36-25-28-51-43(31-36)41-21-13-16-24-50(41)60(51)40-27-30-53-45(33-40)42-22-14-15-23-49(42)58(53)38-17-9-7-10-18-38/h7-35H,1-6H3. The summed E-state index contributed by atoms with van der Waals surface area (Å²) < 4.78 is 7.31. The molecule has 0 amide bonds. The molecule has 0 bridgehead atoms. The van der Waals surface area contributed by atoms with E-state index in [-0.39, 0.29) is 16.2 Å². The van der Waals surface area contributed by atoms with Crippen molar-refractivity contribution >= 4 is 65.4 Å². The van der Waals surface area contributed by atoms with Gasteiger partial charge in [0, 0.05) is 49.4 Å². The minimum Gasteiger partial charge on any atom is -0.309 e. The van der Waals surface area contributed by atoms with Crippen molar-refractivity contribution in [2.75, 3.05) is 0 Å². The number of nitrogens with zero attached hydrogens (tertiary/aromatic N) is 3. The fraction of sp³-hybridized carbons (Fsp3) is 0.158. The lowest BCUT2D eigenvalue weighted by molar-refractivity contribution is 0.125. The molecule has 0 unspecified atom stereocenters. The van der Waals surface area contributed by atoms with E-state index in [0.717, 1.165) is 5.69 Å². The molecule has 3 aromatic heterocycles. The summed E-state index contributed by atoms with van der Waals surface area (Å²) in [6.07, 6.45) is 0. The van der Waals surface area contributed by atoms with Gasteiger partial charge in [-0.3, -0.25) is 0 Å². The Morgan fingerprint density at radius 1 is 0.283 bits per heavy atom. The minimum absolute atomic E-state index is 0.0154. The highest BCUT2D eigenvalue weighted by Crippen LogP contribution is 2.62. The predicted molar refractivity (Wildman–Crippen MR) is 255 cm³/mol. The van der Waals surface area contributed by atoms with Gasteiger partial charge in [0.15, 0.2) is 0 Å². The number of benzene rings is 8. The lowest BCUT2D eigenvalue weighted by Crippen LogP contribution is -2.42. The predicted octanol–water partition coefficient (Wildman–Crippen LogP) is 15.2. The Hall–Kier alpha value is -6.84. The van der Waals surface area contributed by atoms with Crippen LogP contribution in [0.5, 0.6) is 0 Å². The largest absolute Gasteiger partial charge is 0.309 e. The number of aromatic nitrogens is 3. The van der Waals surface area contributed by atoms with Crippen LogP contribution in [0.15, 0.2) is 176 Å². The van der Waals surface area contributed by atoms with E-state index in [9.17, 15) is 0 Å². The van der Waals surface area contributed by atoms with Crippen LogP contribution in [-0.2, 0) is 10.8 Å². The summed E-state index contributed by atoms with van der Waals surface area (Å²) in [4.78, 5) is 0. The second-order valence-corrected chi connectivity index (χ2v) is 18.7. The molecule has 0 saturated carbocycles. The van der Waals surface area contributed by atoms with Gasteiger partial charge >= 0.3 is 0 Å². The summed E-state index contributed by atoms with van der Waals surface area (Å²) in [6.45, 7) is 14.7. The SMILES string of the molecule is CC1(C)c2cc3c4cc(-c5ccc6c(c5)c5ccccc5n6-c5ccc6c(c5)c5ccccc5n6-c5ccccc5)ccc4n(-c4ccccc4)c3cc2C(C)(C)C1(C)C. The highest BCUT2D eigenvalue weighted by molar-refractivity contribution is 6.14. The van der Waals surface area contributed by atoms with Gasteiger partial charge in [0.05, 0.1) is 33.1 Å². The summed E-state index contributed by atoms with van der Waals surface area (Å²) in [5, 5.41) is 7.62. The molecule has 1 aliphatic rings. The number of rotatable bonds is 4. The van der Waals surface area contributed by atoms with Crippen molar-refractivity contribution in [3.05, 3.63) is 187 Å². The summed E-state index contributed by atoms with van der Waals surface area (Å²) in [5.41, 5.74) is 16.4. The topological polar surface area (TPSA) is 14.8 Å². The fourth-order valence-electron chi connectivity index (χ4n) is 11.0. The molecule has 0 N–H and O–H groups in total. The van der Waals surface area contributed by atoms with Crippen LogP contribution in [0, 0.1) is 5.41 Å². The normalized spacial score (nSPS) is 15.6. The molecule has 8 aromatic carbocycles. The molecule has 12 rings (SSSR count). The Morgan fingerprint density at radius 3 is 1.22 bits per heavy atom. The second-order valence-electron chi connectivity index (χ2n) is 18.7. The highest BCUT2D eigenvalue weighted by atomic mass is 15.0. The third-order valence-electron chi connectivity index (χ3n) is 15.3. The van der Waals surface area contributed by atoms with Gasteiger partial charge in [0.1, 0.15) is 0 Å². The number of para-hydroxylation sites is 4. The maximum atomic E-state index is 2.54. The third kappa shape index (κ3) is 4.55. The Balaban J connectivity index is 1.05. The van der Waals surface area contributed by atoms with Gasteiger partial charge in [-0.05, 0) is 129 Å². The molecular weight excluding hydrogens is 727 g/mol. The first kappa shape index (κ1) is 35.1. The molecule has 0 saturated heterocycles. The maximum Gasteiger partial charge on any atom is 0.0544 e. The fourth-order valence-corrected chi connectivity index (χ4v) is 11.0. The summed E-state index contributed by atoms with van der Waals surface area (Å²) in [5.74, 6) is 0. The van der Waals surface area contributed by atoms with Gasteiger partial charge in [0.25, 0.3) is 0 Å². The lowest BCUT2D eigenvalue weighted by Gasteiger charge is -2.44. The van der Waals surface area contributed by atoms with Crippen LogP contribution in [0.4, 0.5) is 0 Å². The minimum atomic E-state index is 0.0154. The molecule has 0 aliphatic heterocycles. The Labute approximate surface area is 350 Å². The van der Waals surface area contributed by atoms with Gasteiger partial charge in [0.2, 0.25) is 0 Å². The third-order valence-corrected chi connectivity index (χ3v) is 15.3. The van der Waals surface area contributed by atoms with E-state index in [0.29, 0.717) is 0 Å². The van der Waals surface area contributed by atoms with Crippen molar-refractivity contribution in [3.8, 4) is 28.2 Å². The van der Waals surface area contributed by atoms with Crippen LogP contribution >= 0.6 is 0 Å². The van der Waals surface area contributed by atoms with Gasteiger partial charge in [-0.2, -0.15) is 0 Å². The van der Waals surface area contributed by atoms with E-state index in [1.165, 1.54) is 99.0 Å². The lowest BCUT2D eigenvalue weighted by atomic mass is 9.59. The van der Waals surface area contributed by atoms with Crippen molar-refractivity contribution in [2.45, 2.75) is 52.4 Å². The van der Waals surface area contributed by atoms with E-state index in [1.54, 1.807) is 0 Å². The van der Waals surface area contributed by atoms with E-state index in [2.05, 4.69) is 231 Å². The summed E-state index contributed by atoms with van der Waals surface area (Å²) >= 11 is 0. The Kier molecular flexibility index (Phi) is 7.09. The monoisotopic (exact) mass is 773 g/mol. The molecule has 1 aliphatic carbocycles. The zero-order valence-corrected chi connectivity index (χ0v) is 35.1. The first-order chi connectivity index (χ1) is 29.0. The van der Waals surface area contributed by atoms with Crippen molar-refractivity contribution in [3.63, 3.8) is 0 Å². The molecule has 60 heavy (non-hydrogen) atoms. The quantitative estimate of drug-likeness (QED) is 0.169. The highest BCUT2D eigenvalue weighted by Gasteiger charge is 2.57. The van der Waals surface area contributed by atoms with Gasteiger partial charge in [-0.1, -0.05) is 126 Å². The molecule has 11 aromatic rings. The van der Waals surface area contributed by atoms with Crippen LogP contribution in [0.1, 0.15) is 52.7 Å². The summed E-state index contributed by atoms with van der Waals surface area (Å²) in [7, 11) is 0. The van der Waals surface area contributed by atoms with Gasteiger partial charge < -0.3 is 13.7 Å². The average molecular weight is 774 g/mol. The Bertz CT molecular complexity index is 3550. The van der Waals surface area contributed by atoms with Crippen LogP contribution < -0.4 is 0 Å². The number of hydrogen-bond donors (Lipinski definition) is 0. The molecule has 0 spiro atoms. The average Bonchev–Trinajstić information content (AvgIpc) is 3.93. The maximum absolute atomic E-state index is 2.54. The van der Waals surface area contributed by atoms with Crippen molar-refractivity contribution < 1.29 is 0 Å². The van der Waals surface area contributed by atoms with Crippen LogP contribution in [0.2, 0.25) is 0 Å². The molecular formula is C57H47N3. The second kappa shape index (κ2) is 12.1. The summed E-state index contributed by atoms with van der Waals surface area (Å²) in [6, 6.07) is 65.4. The smallest absolute Gasteiger partial charge is 0.0544 e. The van der Waals surface area contributed by atoms with E-state index >= 15 is 0 Å². The van der Waals surface area contributed by atoms with Crippen LogP contribution in [0.3, 0.4) is 0 Å². The number of hydrogen-bond acceptors (Lipinski definition) is 0. The van der Waals surface area contributed by atoms with Gasteiger partial charge in [-0.25, -0.2) is 0 Å². The molecule has 0 radical (unpaired) electrons. The molecule has 0 atom stereocenters. The van der Waals surface area contributed by atoms with Crippen LogP contribution in [0.25, 0.3) is 93.6 Å². The zero-order valence-electron chi connectivity index (χ0n) is 35.1. The number of fused-ring (bicyclic) bond motifs is 10. The Morgan fingerprint density at radius 2 is 0.667 bits per heavy atom. The van der Waals surface area contributed by atoms with E-state index in [4.69, 9.17) is 0 Å². The molecule has 3 nitrogen and oxygen atoms in total. The molecule has 3 heteroatoms. The zero-order chi connectivity index (χ0) is 40.7. The molecule has 3 heterocycles. The van der Waals surface area contributed by atoms with Crippen molar-refractivity contribution in [1.82, 2.24) is 13.7 Å². The van der Waals surface area contributed by atoms with Crippen molar-refractivity contribution in [2.24, 2.45) is 5.41 Å². The van der Waals surface area contributed by atoms with Gasteiger partial charge in [-0.15, -0.1) is 0 Å². The van der Waals surface area contributed by atoms with E-state index in [1.807, 2.05) is 0 Å². The first-order valence-electron chi connectivity index (χ1n) is 21.4. The first-order valence-corrected chi connectivity index (χ1v) is 21.4. The van der Waals surface area contributed by atoms with E-state index < -0.39 is 0 Å². The van der Waals surface area contributed by atoms with Crippen molar-refractivity contribution in [1.29, 1.82) is 0 Å². The van der Waals surface area contributed by atoms with Crippen LogP contribution in [-0.4, -0.2) is 13.7 Å². The molecule has 290 valence electrons. The molecule has 0 fully saturated rings.